The Morgan fingerprint density at radius 2 is 1.36 bits per heavy atom. The van der Waals surface area contributed by atoms with Gasteiger partial charge in [0.2, 0.25) is 0 Å². The van der Waals surface area contributed by atoms with Gasteiger partial charge in [-0.3, -0.25) is 28.0 Å². The largest absolute Gasteiger partial charge is 0.481 e. The van der Waals surface area contributed by atoms with E-state index in [1.165, 1.54) is 57.4 Å². The molecule has 0 radical (unpaired) electrons. The number of nitrogens with zero attached hydrogens (tertiary/aromatic N) is 2. The van der Waals surface area contributed by atoms with Gasteiger partial charge >= 0.3 is 39.2 Å². The van der Waals surface area contributed by atoms with Crippen LogP contribution in [-0.2, 0) is 51.1 Å². The maximum Gasteiger partial charge on any atom is 0.481 e. The molecule has 1 fully saturated rings. The summed E-state index contributed by atoms with van der Waals surface area (Å²) < 4.78 is 57.0. The number of rotatable bonds is 45. The van der Waals surface area contributed by atoms with Gasteiger partial charge in [0, 0.05) is 30.0 Å². The normalized spacial score (nSPS) is 20.1. The van der Waals surface area contributed by atoms with Gasteiger partial charge in [0.1, 0.15) is 36.8 Å². The van der Waals surface area contributed by atoms with Crippen LogP contribution in [0.25, 0.3) is 0 Å². The van der Waals surface area contributed by atoms with Gasteiger partial charge in [0.15, 0.2) is 12.3 Å². The van der Waals surface area contributed by atoms with Crippen LogP contribution in [0.5, 0.6) is 0 Å². The number of carbonyl (C=O) groups is 3. The molecule has 0 aromatic carbocycles. The number of aliphatic hydroxyl groups excluding tert-OH is 3. The summed E-state index contributed by atoms with van der Waals surface area (Å²) in [4.78, 5) is 74.0. The molecule has 10 atom stereocenters. The zero-order valence-corrected chi connectivity index (χ0v) is 48.9. The summed E-state index contributed by atoms with van der Waals surface area (Å²) in [5.41, 5.74) is 10.8. The second kappa shape index (κ2) is 42.5. The highest BCUT2D eigenvalue weighted by Crippen LogP contribution is 2.60. The maximum atomic E-state index is 13.2. The van der Waals surface area contributed by atoms with Gasteiger partial charge in [0.05, 0.1) is 19.3 Å². The van der Waals surface area contributed by atoms with Crippen LogP contribution in [-0.4, -0.2) is 125 Å². The van der Waals surface area contributed by atoms with Gasteiger partial charge < -0.3 is 55.9 Å². The van der Waals surface area contributed by atoms with E-state index in [0.717, 1.165) is 54.6 Å². The average molecular weight is 1190 g/mol. The summed E-state index contributed by atoms with van der Waals surface area (Å²) in [6.45, 7) is 1.57. The van der Waals surface area contributed by atoms with Crippen molar-refractivity contribution in [3.8, 4) is 0 Å². The Hall–Kier alpha value is -4.32. The number of hydrogen-bond donors (Lipinski definition) is 8. The van der Waals surface area contributed by atoms with Crippen molar-refractivity contribution < 1.29 is 81.3 Å². The zero-order chi connectivity index (χ0) is 59.0. The van der Waals surface area contributed by atoms with Crippen molar-refractivity contribution in [3.63, 3.8) is 0 Å². The second-order valence-corrected chi connectivity index (χ2v) is 23.2. The van der Waals surface area contributed by atoms with Gasteiger partial charge in [-0.15, -0.1) is 11.8 Å². The lowest BCUT2D eigenvalue weighted by molar-refractivity contribution is -0.161. The van der Waals surface area contributed by atoms with E-state index >= 15 is 0 Å². The van der Waals surface area contributed by atoms with Gasteiger partial charge in [-0.25, -0.2) is 13.9 Å². The van der Waals surface area contributed by atoms with E-state index in [1.807, 2.05) is 36.5 Å². The molecular weight excluding hydrogens is 1100 g/mol. The highest BCUT2D eigenvalue weighted by molar-refractivity contribution is 8.00. The van der Waals surface area contributed by atoms with E-state index in [0.29, 0.717) is 19.3 Å². The molecule has 452 valence electrons. The molecule has 0 spiro atoms. The first-order valence-electron chi connectivity index (χ1n) is 27.5. The summed E-state index contributed by atoms with van der Waals surface area (Å²) in [6, 6.07) is -0.0918. The maximum absolute atomic E-state index is 13.2. The third-order valence-electron chi connectivity index (χ3n) is 11.9. The van der Waals surface area contributed by atoms with Crippen LogP contribution in [0.1, 0.15) is 148 Å². The van der Waals surface area contributed by atoms with E-state index in [4.69, 9.17) is 39.8 Å². The van der Waals surface area contributed by atoms with Crippen molar-refractivity contribution >= 4 is 51.1 Å². The van der Waals surface area contributed by atoms with E-state index in [-0.39, 0.29) is 37.3 Å². The number of nitrogens with two attached hydrogens (primary N) is 2. The highest BCUT2D eigenvalue weighted by Gasteiger charge is 2.46. The molecule has 2 rings (SSSR count). The van der Waals surface area contributed by atoms with Crippen LogP contribution in [0.3, 0.4) is 0 Å². The van der Waals surface area contributed by atoms with Gasteiger partial charge in [-0.05, 0) is 76.7 Å². The molecule has 2 heterocycles. The lowest BCUT2D eigenvalue weighted by Gasteiger charge is -2.23. The van der Waals surface area contributed by atoms with E-state index in [1.54, 1.807) is 18.2 Å². The summed E-state index contributed by atoms with van der Waals surface area (Å²) >= 11 is 1.11. The molecular formula is C55H88N4O18P2S. The number of allylic oxidation sites excluding steroid dienone is 13. The minimum Gasteiger partial charge on any atom is -0.481 e. The summed E-state index contributed by atoms with van der Waals surface area (Å²) in [5, 5.41) is 40.5. The zero-order valence-electron chi connectivity index (χ0n) is 46.3. The highest BCUT2D eigenvalue weighted by atomic mass is 32.2. The number of esters is 2. The molecule has 0 saturated carbocycles. The fourth-order valence-electron chi connectivity index (χ4n) is 7.53. The molecule has 0 amide bonds. The summed E-state index contributed by atoms with van der Waals surface area (Å²) in [5.74, 6) is -3.04. The molecule has 1 aromatic rings. The van der Waals surface area contributed by atoms with Gasteiger partial charge in [-0.2, -0.15) is 9.29 Å². The second-order valence-electron chi connectivity index (χ2n) is 18.9. The SMILES string of the molecule is CCCCC/C=C\C\C=C/C=C/C=C/[C@@H](SC[C@H](N)C(=O)OC[C@H](COP(=O)(O)OP(=O)(O)OC[C@H]1O[C@@H](n2ccc(N)nc2=O)[C@H](O)[C@@H]1O)OC(=O)CCC/C=C\C/C=C\C/C=C\CCCCCCCC)[C@@H](O)CCCC(=O)O. The Morgan fingerprint density at radius 3 is 2.02 bits per heavy atom. The molecule has 1 aliphatic rings. The number of aromatic nitrogens is 2. The molecule has 1 aromatic heterocycles. The predicted octanol–water partition coefficient (Wildman–Crippen LogP) is 8.76. The van der Waals surface area contributed by atoms with E-state index in [9.17, 15) is 53.4 Å². The molecule has 0 bridgehead atoms. The first kappa shape index (κ1) is 71.8. The number of phosphoric ester groups is 2. The molecule has 80 heavy (non-hydrogen) atoms. The van der Waals surface area contributed by atoms with Crippen LogP contribution >= 0.6 is 27.4 Å². The lowest BCUT2D eigenvalue weighted by atomic mass is 10.1. The first-order chi connectivity index (χ1) is 38.3. The standard InChI is InChI=1S/C55H88N4O18P2S/c1-3-5-7-9-11-13-15-17-18-19-20-21-23-25-27-29-31-36-50(63)75-43(40-73-78(68,69)77-79(70,71)74-41-46-51(64)52(65)53(76-46)59-38-37-48(57)58-55(59)67)39-72-54(66)44(56)42-80-47(45(60)33-32-35-49(61)62)34-30-28-26-24-22-16-14-12-10-8-6-4-2/h12,14,17-18,20-22,24-28,30,34,37-38,43-47,51-53,60,64-65H,3-11,13,15-16,19,23,29,31-33,35-36,39-42,56H2,1-2H3,(H,61,62)(H,68,69)(H,70,71)(H2,57,58,67)/b14-12-,18-17-,21-20-,24-22-,27-25-,28-26+,34-30+/t43-,44+,45+,46-,47-,51-,52-,53-/m1/s1. The number of phosphoric acid groups is 2. The Bertz CT molecular complexity index is 2310. The number of ether oxygens (including phenoxy) is 3. The molecule has 1 saturated heterocycles. The van der Waals surface area contributed by atoms with Crippen molar-refractivity contribution in [2.45, 2.75) is 190 Å². The van der Waals surface area contributed by atoms with Crippen LogP contribution in [0.2, 0.25) is 0 Å². The Labute approximate surface area is 475 Å². The number of nitrogen functional groups attached to an aromatic ring is 1. The average Bonchev–Trinajstić information content (AvgIpc) is 3.82. The number of anilines is 1. The Morgan fingerprint density at radius 1 is 0.775 bits per heavy atom. The fraction of sp³-hybridized carbons (Fsp3) is 0.618. The van der Waals surface area contributed by atoms with E-state index in [2.05, 4.69) is 53.5 Å². The van der Waals surface area contributed by atoms with Crippen molar-refractivity contribution in [2.24, 2.45) is 5.73 Å². The van der Waals surface area contributed by atoms with Gasteiger partial charge in [-0.1, -0.05) is 144 Å². The minimum absolute atomic E-state index is 0.0935. The van der Waals surface area contributed by atoms with Crippen molar-refractivity contribution in [1.29, 1.82) is 0 Å². The summed E-state index contributed by atoms with van der Waals surface area (Å²) in [6.07, 6.45) is 35.8. The molecule has 22 nitrogen and oxygen atoms in total. The number of hydrogen-bond acceptors (Lipinski definition) is 19. The monoisotopic (exact) mass is 1190 g/mol. The number of aliphatic hydroxyl groups is 3. The van der Waals surface area contributed by atoms with Crippen LogP contribution in [0.15, 0.2) is 102 Å². The third kappa shape index (κ3) is 33.6. The molecule has 10 N–H and O–H groups in total. The van der Waals surface area contributed by atoms with Gasteiger partial charge in [0.25, 0.3) is 0 Å². The number of aliphatic carboxylic acids is 1. The quantitative estimate of drug-likeness (QED) is 0.00994. The van der Waals surface area contributed by atoms with Crippen molar-refractivity contribution in [3.05, 3.63) is 108 Å². The van der Waals surface area contributed by atoms with Crippen molar-refractivity contribution in [1.82, 2.24) is 9.55 Å². The van der Waals surface area contributed by atoms with E-state index < -0.39 is 107 Å². The van der Waals surface area contributed by atoms with Crippen LogP contribution in [0.4, 0.5) is 5.82 Å². The number of carboxylic acid groups (broad SMARTS) is 1. The first-order valence-corrected chi connectivity index (χ1v) is 31.6. The Kier molecular flexibility index (Phi) is 38.1. The topological polar surface area (TPSA) is 349 Å². The Balaban J connectivity index is 2.06. The van der Waals surface area contributed by atoms with Crippen LogP contribution < -0.4 is 17.2 Å². The molecule has 0 aliphatic carbocycles. The molecule has 25 heteroatoms. The molecule has 1 aliphatic heterocycles. The third-order valence-corrected chi connectivity index (χ3v) is 16.0. The number of carboxylic acids is 1. The van der Waals surface area contributed by atoms with Crippen LogP contribution in [0, 0.1) is 0 Å². The number of carbonyl (C=O) groups excluding carboxylic acids is 2. The number of unbranched alkanes of at least 4 members (excludes halogenated alkanes) is 10. The minimum atomic E-state index is -5.57. The molecule has 2 unspecified atom stereocenters. The fourth-order valence-corrected chi connectivity index (χ4v) is 10.8. The number of thioether (sulfide) groups is 1. The van der Waals surface area contributed by atoms with Crippen molar-refractivity contribution in [2.75, 3.05) is 31.3 Å². The predicted molar refractivity (Wildman–Crippen MR) is 308 cm³/mol. The lowest BCUT2D eigenvalue weighted by Crippen LogP contribution is -2.38. The summed E-state index contributed by atoms with van der Waals surface area (Å²) in [7, 11) is -11.1. The smallest absolute Gasteiger partial charge is 0.481 e.